The van der Waals surface area contributed by atoms with Gasteiger partial charge in [0.25, 0.3) is 11.1 Å². The summed E-state index contributed by atoms with van der Waals surface area (Å²) in [5.41, 5.74) is 2.07. The van der Waals surface area contributed by atoms with Gasteiger partial charge >= 0.3 is 5.97 Å². The summed E-state index contributed by atoms with van der Waals surface area (Å²) in [5.74, 6) is -0.380. The summed E-state index contributed by atoms with van der Waals surface area (Å²) in [6.07, 6.45) is 1.66. The minimum absolute atomic E-state index is 0.244. The van der Waals surface area contributed by atoms with Gasteiger partial charge in [-0.25, -0.2) is 4.79 Å². The molecular formula is C24H16BrNO4S. The van der Waals surface area contributed by atoms with E-state index in [2.05, 4.69) is 15.9 Å². The van der Waals surface area contributed by atoms with Crippen LogP contribution in [0.25, 0.3) is 6.08 Å². The SMILES string of the molecule is O=C(Oc1ccc(/C=C2\SC(=O)N(Cc3ccccc3)C2=O)cc1)c1ccc(Br)cc1. The summed E-state index contributed by atoms with van der Waals surface area (Å²) in [6.45, 7) is 0.244. The first-order chi connectivity index (χ1) is 15.0. The summed E-state index contributed by atoms with van der Waals surface area (Å²) in [4.78, 5) is 38.8. The first kappa shape index (κ1) is 21.1. The van der Waals surface area contributed by atoms with Gasteiger partial charge in [-0.15, -0.1) is 0 Å². The molecule has 5 nitrogen and oxygen atoms in total. The standard InChI is InChI=1S/C24H16BrNO4S/c25-19-10-8-18(9-11-19)23(28)30-20-12-6-16(7-13-20)14-21-22(27)26(24(29)31-21)15-17-4-2-1-3-5-17/h1-14H,15H2/b21-14-. The van der Waals surface area contributed by atoms with Crippen molar-refractivity contribution >= 4 is 50.9 Å². The molecule has 1 saturated heterocycles. The number of hydrogen-bond acceptors (Lipinski definition) is 5. The zero-order chi connectivity index (χ0) is 21.8. The molecule has 1 fully saturated rings. The lowest BCUT2D eigenvalue weighted by Gasteiger charge is -2.12. The maximum absolute atomic E-state index is 12.7. The Labute approximate surface area is 191 Å². The number of ether oxygens (including phenoxy) is 1. The highest BCUT2D eigenvalue weighted by Crippen LogP contribution is 2.33. The quantitative estimate of drug-likeness (QED) is 0.251. The summed E-state index contributed by atoms with van der Waals surface area (Å²) >= 11 is 4.24. The minimum atomic E-state index is -0.456. The monoisotopic (exact) mass is 493 g/mol. The van der Waals surface area contributed by atoms with Crippen molar-refractivity contribution in [2.75, 3.05) is 0 Å². The number of rotatable bonds is 5. The molecule has 2 amide bonds. The number of esters is 1. The molecule has 1 heterocycles. The van der Waals surface area contributed by atoms with Gasteiger partial charge in [-0.05, 0) is 65.4 Å². The first-order valence-corrected chi connectivity index (χ1v) is 11.0. The van der Waals surface area contributed by atoms with Crippen LogP contribution in [0, 0.1) is 0 Å². The number of carbonyl (C=O) groups excluding carboxylic acids is 3. The molecule has 0 aromatic heterocycles. The van der Waals surface area contributed by atoms with Gasteiger partial charge in [0.1, 0.15) is 5.75 Å². The Hall–Kier alpha value is -3.16. The summed E-state index contributed by atoms with van der Waals surface area (Å²) < 4.78 is 6.25. The van der Waals surface area contributed by atoms with Crippen LogP contribution in [-0.2, 0) is 11.3 Å². The van der Waals surface area contributed by atoms with E-state index in [0.717, 1.165) is 27.4 Å². The van der Waals surface area contributed by atoms with Crippen molar-refractivity contribution in [1.29, 1.82) is 0 Å². The molecule has 0 N–H and O–H groups in total. The van der Waals surface area contributed by atoms with Crippen molar-refractivity contribution in [1.82, 2.24) is 4.90 Å². The van der Waals surface area contributed by atoms with Gasteiger partial charge in [0, 0.05) is 4.47 Å². The van der Waals surface area contributed by atoms with E-state index >= 15 is 0 Å². The molecule has 0 atom stereocenters. The average molecular weight is 494 g/mol. The van der Waals surface area contributed by atoms with E-state index in [-0.39, 0.29) is 17.7 Å². The van der Waals surface area contributed by atoms with E-state index in [1.165, 1.54) is 4.90 Å². The van der Waals surface area contributed by atoms with Gasteiger partial charge in [-0.3, -0.25) is 14.5 Å². The Morgan fingerprint density at radius 3 is 2.29 bits per heavy atom. The Bertz CT molecular complexity index is 1160. The zero-order valence-electron chi connectivity index (χ0n) is 16.2. The maximum atomic E-state index is 12.7. The number of imide groups is 1. The Balaban J connectivity index is 1.43. The topological polar surface area (TPSA) is 63.7 Å². The zero-order valence-corrected chi connectivity index (χ0v) is 18.6. The third-order valence-electron chi connectivity index (χ3n) is 4.53. The van der Waals surface area contributed by atoms with Crippen molar-refractivity contribution in [3.8, 4) is 5.75 Å². The third-order valence-corrected chi connectivity index (χ3v) is 5.96. The number of nitrogens with zero attached hydrogens (tertiary/aromatic N) is 1. The smallest absolute Gasteiger partial charge is 0.343 e. The van der Waals surface area contributed by atoms with Gasteiger partial charge in [0.15, 0.2) is 0 Å². The molecule has 0 unspecified atom stereocenters. The third kappa shape index (κ3) is 5.13. The van der Waals surface area contributed by atoms with Crippen LogP contribution < -0.4 is 4.74 Å². The van der Waals surface area contributed by atoms with Gasteiger partial charge in [-0.1, -0.05) is 58.4 Å². The van der Waals surface area contributed by atoms with Crippen molar-refractivity contribution in [2.45, 2.75) is 6.54 Å². The lowest BCUT2D eigenvalue weighted by atomic mass is 10.2. The Morgan fingerprint density at radius 2 is 1.61 bits per heavy atom. The van der Waals surface area contributed by atoms with E-state index in [1.54, 1.807) is 54.6 Å². The van der Waals surface area contributed by atoms with Gasteiger partial charge in [0.2, 0.25) is 0 Å². The molecule has 0 spiro atoms. The lowest BCUT2D eigenvalue weighted by Crippen LogP contribution is -2.27. The van der Waals surface area contributed by atoms with E-state index in [4.69, 9.17) is 4.74 Å². The maximum Gasteiger partial charge on any atom is 0.343 e. The van der Waals surface area contributed by atoms with Crippen molar-refractivity contribution in [3.05, 3.63) is 105 Å². The van der Waals surface area contributed by atoms with Crippen LogP contribution in [0.4, 0.5) is 4.79 Å². The molecule has 3 aromatic carbocycles. The summed E-state index contributed by atoms with van der Waals surface area (Å²) in [5, 5.41) is -0.292. The van der Waals surface area contributed by atoms with Crippen LogP contribution in [-0.4, -0.2) is 22.0 Å². The molecule has 0 bridgehead atoms. The highest BCUT2D eigenvalue weighted by atomic mass is 79.9. The van der Waals surface area contributed by atoms with Crippen molar-refractivity contribution in [3.63, 3.8) is 0 Å². The molecule has 7 heteroatoms. The minimum Gasteiger partial charge on any atom is -0.423 e. The van der Waals surface area contributed by atoms with Gasteiger partial charge in [-0.2, -0.15) is 0 Å². The summed E-state index contributed by atoms with van der Waals surface area (Å²) in [7, 11) is 0. The first-order valence-electron chi connectivity index (χ1n) is 9.37. The molecule has 3 aromatic rings. The van der Waals surface area contributed by atoms with Crippen molar-refractivity contribution < 1.29 is 19.1 Å². The van der Waals surface area contributed by atoms with Crippen LogP contribution in [0.15, 0.2) is 88.2 Å². The number of thioether (sulfide) groups is 1. The molecular weight excluding hydrogens is 478 g/mol. The van der Waals surface area contributed by atoms with E-state index in [9.17, 15) is 14.4 Å². The average Bonchev–Trinajstić information content (AvgIpc) is 3.03. The molecule has 1 aliphatic heterocycles. The second kappa shape index (κ2) is 9.32. The Morgan fingerprint density at radius 1 is 0.935 bits per heavy atom. The number of amides is 2. The van der Waals surface area contributed by atoms with E-state index in [1.807, 2.05) is 30.3 Å². The van der Waals surface area contributed by atoms with Crippen LogP contribution in [0.5, 0.6) is 5.75 Å². The van der Waals surface area contributed by atoms with Crippen LogP contribution in [0.1, 0.15) is 21.5 Å². The van der Waals surface area contributed by atoms with Crippen LogP contribution in [0.3, 0.4) is 0 Å². The van der Waals surface area contributed by atoms with Crippen LogP contribution in [0.2, 0.25) is 0 Å². The largest absolute Gasteiger partial charge is 0.423 e. The van der Waals surface area contributed by atoms with Crippen LogP contribution >= 0.6 is 27.7 Å². The number of benzene rings is 3. The molecule has 1 aliphatic rings. The Kier molecular flexibility index (Phi) is 6.34. The lowest BCUT2D eigenvalue weighted by molar-refractivity contribution is -0.123. The molecule has 0 aliphatic carbocycles. The second-order valence-corrected chi connectivity index (χ2v) is 8.63. The van der Waals surface area contributed by atoms with Gasteiger partial charge in [0.05, 0.1) is 17.0 Å². The van der Waals surface area contributed by atoms with Gasteiger partial charge < -0.3 is 4.74 Å². The summed E-state index contributed by atoms with van der Waals surface area (Å²) in [6, 6.07) is 23.0. The highest BCUT2D eigenvalue weighted by Gasteiger charge is 2.34. The van der Waals surface area contributed by atoms with E-state index < -0.39 is 5.97 Å². The molecule has 31 heavy (non-hydrogen) atoms. The van der Waals surface area contributed by atoms with E-state index in [0.29, 0.717) is 16.2 Å². The predicted molar refractivity (Wildman–Crippen MR) is 123 cm³/mol. The second-order valence-electron chi connectivity index (χ2n) is 6.72. The highest BCUT2D eigenvalue weighted by molar-refractivity contribution is 9.10. The number of halogens is 1. The normalized spacial score (nSPS) is 14.9. The fraction of sp³-hybridized carbons (Fsp3) is 0.0417. The fourth-order valence-electron chi connectivity index (χ4n) is 2.94. The molecule has 4 rings (SSSR count). The molecule has 0 radical (unpaired) electrons. The number of carbonyl (C=O) groups is 3. The predicted octanol–water partition coefficient (Wildman–Crippen LogP) is 5.90. The molecule has 0 saturated carbocycles. The number of hydrogen-bond donors (Lipinski definition) is 0. The van der Waals surface area contributed by atoms with Crippen molar-refractivity contribution in [2.24, 2.45) is 0 Å². The molecule has 154 valence electrons. The fourth-order valence-corrected chi connectivity index (χ4v) is 4.04.